The monoisotopic (exact) mass is 475 g/mol. The van der Waals surface area contributed by atoms with Gasteiger partial charge in [-0.3, -0.25) is 4.79 Å². The summed E-state index contributed by atoms with van der Waals surface area (Å²) < 4.78 is 31.1. The second kappa shape index (κ2) is 7.85. The van der Waals surface area contributed by atoms with Crippen LogP contribution in [0.2, 0.25) is 0 Å². The van der Waals surface area contributed by atoms with Crippen molar-refractivity contribution in [1.82, 2.24) is 25.0 Å². The number of pyridine rings is 1. The van der Waals surface area contributed by atoms with Gasteiger partial charge in [-0.25, -0.2) is 18.4 Å². The molecule has 0 aliphatic carbocycles. The summed E-state index contributed by atoms with van der Waals surface area (Å²) in [6.45, 7) is 4.25. The van der Waals surface area contributed by atoms with Crippen molar-refractivity contribution in [3.05, 3.63) is 58.9 Å². The average Bonchev–Trinajstić information content (AvgIpc) is 3.45. The van der Waals surface area contributed by atoms with E-state index in [0.29, 0.717) is 22.4 Å². The number of anilines is 1. The minimum Gasteiger partial charge on any atom is -0.355 e. The zero-order valence-electron chi connectivity index (χ0n) is 19.2. The molecule has 2 saturated heterocycles. The van der Waals surface area contributed by atoms with E-state index in [1.807, 2.05) is 6.07 Å². The summed E-state index contributed by atoms with van der Waals surface area (Å²) in [6.07, 6.45) is 3.98. The molecule has 1 spiro atoms. The van der Waals surface area contributed by atoms with Crippen molar-refractivity contribution in [2.45, 2.75) is 19.4 Å². The predicted octanol–water partition coefficient (Wildman–Crippen LogP) is 2.86. The van der Waals surface area contributed by atoms with Crippen LogP contribution in [-0.4, -0.2) is 58.8 Å². The molecule has 10 heteroatoms. The molecule has 8 nitrogen and oxygen atoms in total. The fraction of sp³-hybridized carbons (Fsp3) is 0.360. The Balaban J connectivity index is 1.36. The number of hydrogen-bond acceptors (Lipinski definition) is 6. The Hall–Kier alpha value is -3.84. The molecule has 6 rings (SSSR count). The summed E-state index contributed by atoms with van der Waals surface area (Å²) >= 11 is 0. The summed E-state index contributed by atoms with van der Waals surface area (Å²) in [4.78, 5) is 21.5. The minimum absolute atomic E-state index is 0.0424. The van der Waals surface area contributed by atoms with Gasteiger partial charge in [0.1, 0.15) is 11.6 Å². The lowest BCUT2D eigenvalue weighted by Gasteiger charge is -2.53. The lowest BCUT2D eigenvalue weighted by Crippen LogP contribution is -2.58. The first-order valence-electron chi connectivity index (χ1n) is 11.6. The molecule has 2 fully saturated rings. The normalized spacial score (nSPS) is 18.8. The number of likely N-dealkylation sites (tertiary alicyclic amines) is 1. The number of halogens is 2. The quantitative estimate of drug-likeness (QED) is 0.627. The van der Waals surface area contributed by atoms with Gasteiger partial charge in [0, 0.05) is 38.4 Å². The Morgan fingerprint density at radius 1 is 1.11 bits per heavy atom. The number of carbonyl (C=O) groups is 1. The summed E-state index contributed by atoms with van der Waals surface area (Å²) in [5.41, 5.74) is 1.15. The minimum atomic E-state index is -0.887. The summed E-state index contributed by atoms with van der Waals surface area (Å²) in [5, 5.41) is 16.5. The first-order valence-corrected chi connectivity index (χ1v) is 11.6. The molecule has 0 bridgehead atoms. The maximum Gasteiger partial charge on any atom is 0.255 e. The standard InChI is InChI=1S/C25H23F2N7O/c1-32-13-25(14-32)3-6-33(7-4-25)21-2-5-34(31-21)20-10-18(30-19-12-29-24(35)23(19)20)22-16(26)8-15(11-28)9-17(22)27/h2,5,8-10H,3-4,6-7,12-14H2,1H3,(H,29,35). The van der Waals surface area contributed by atoms with Crippen LogP contribution in [0.3, 0.4) is 0 Å². The third kappa shape index (κ3) is 3.54. The van der Waals surface area contributed by atoms with Crippen molar-refractivity contribution in [1.29, 1.82) is 5.26 Å². The molecule has 3 aliphatic rings. The fourth-order valence-electron chi connectivity index (χ4n) is 5.64. The van der Waals surface area contributed by atoms with Crippen LogP contribution >= 0.6 is 0 Å². The molecule has 1 amide bonds. The Morgan fingerprint density at radius 3 is 2.49 bits per heavy atom. The SMILES string of the molecule is CN1CC2(CCN(c3ccn(-c4cc(-c5c(F)cc(C#N)cc5F)nc5c4C(=O)NC5)n3)CC2)C1. The maximum absolute atomic E-state index is 14.8. The van der Waals surface area contributed by atoms with Gasteiger partial charge in [0.25, 0.3) is 5.91 Å². The van der Waals surface area contributed by atoms with E-state index in [-0.39, 0.29) is 29.3 Å². The van der Waals surface area contributed by atoms with Gasteiger partial charge in [0.05, 0.1) is 46.4 Å². The number of piperidine rings is 1. The number of amides is 1. The molecule has 0 atom stereocenters. The van der Waals surface area contributed by atoms with E-state index in [0.717, 1.165) is 57.0 Å². The van der Waals surface area contributed by atoms with E-state index in [2.05, 4.69) is 27.1 Å². The van der Waals surface area contributed by atoms with Gasteiger partial charge < -0.3 is 15.1 Å². The van der Waals surface area contributed by atoms with Crippen LogP contribution < -0.4 is 10.2 Å². The second-order valence-corrected chi connectivity index (χ2v) is 9.74. The Morgan fingerprint density at radius 2 is 1.83 bits per heavy atom. The van der Waals surface area contributed by atoms with Gasteiger partial charge in [-0.1, -0.05) is 0 Å². The molecule has 1 aromatic carbocycles. The molecule has 178 valence electrons. The number of nitrogens with zero attached hydrogens (tertiary/aromatic N) is 6. The highest BCUT2D eigenvalue weighted by molar-refractivity contribution is 6.01. The number of nitriles is 1. The van der Waals surface area contributed by atoms with Crippen LogP contribution in [0.25, 0.3) is 16.9 Å². The lowest BCUT2D eigenvalue weighted by atomic mass is 9.72. The van der Waals surface area contributed by atoms with Crippen LogP contribution in [0.15, 0.2) is 30.5 Å². The van der Waals surface area contributed by atoms with Crippen molar-refractivity contribution >= 4 is 11.7 Å². The van der Waals surface area contributed by atoms with E-state index in [1.54, 1.807) is 16.9 Å². The van der Waals surface area contributed by atoms with Gasteiger partial charge in [0.15, 0.2) is 5.82 Å². The van der Waals surface area contributed by atoms with Gasteiger partial charge >= 0.3 is 0 Å². The van der Waals surface area contributed by atoms with Gasteiger partial charge in [-0.05, 0) is 43.5 Å². The van der Waals surface area contributed by atoms with E-state index < -0.39 is 11.6 Å². The fourth-order valence-corrected chi connectivity index (χ4v) is 5.64. The van der Waals surface area contributed by atoms with Crippen LogP contribution in [0.5, 0.6) is 0 Å². The third-order valence-corrected chi connectivity index (χ3v) is 7.32. The van der Waals surface area contributed by atoms with Gasteiger partial charge in [-0.2, -0.15) is 10.4 Å². The Labute approximate surface area is 200 Å². The molecule has 0 radical (unpaired) electrons. The van der Waals surface area contributed by atoms with Crippen LogP contribution in [0, 0.1) is 28.4 Å². The van der Waals surface area contributed by atoms with Crippen molar-refractivity contribution in [3.8, 4) is 23.0 Å². The van der Waals surface area contributed by atoms with Gasteiger partial charge in [-0.15, -0.1) is 0 Å². The summed E-state index contributed by atoms with van der Waals surface area (Å²) in [5.74, 6) is -1.28. The molecule has 5 heterocycles. The zero-order valence-corrected chi connectivity index (χ0v) is 19.2. The number of fused-ring (bicyclic) bond motifs is 1. The molecular weight excluding hydrogens is 452 g/mol. The van der Waals surface area contributed by atoms with Crippen LogP contribution in [0.1, 0.15) is 34.5 Å². The van der Waals surface area contributed by atoms with Gasteiger partial charge in [0.2, 0.25) is 0 Å². The van der Waals surface area contributed by atoms with Crippen molar-refractivity contribution in [2.24, 2.45) is 5.41 Å². The van der Waals surface area contributed by atoms with Crippen molar-refractivity contribution in [3.63, 3.8) is 0 Å². The molecule has 2 aromatic heterocycles. The number of nitrogens with one attached hydrogen (secondary N) is 1. The molecular formula is C25H23F2N7O. The average molecular weight is 476 g/mol. The van der Waals surface area contributed by atoms with Crippen molar-refractivity contribution in [2.75, 3.05) is 38.1 Å². The number of hydrogen-bond donors (Lipinski definition) is 1. The highest BCUT2D eigenvalue weighted by Gasteiger charge is 2.43. The molecule has 35 heavy (non-hydrogen) atoms. The zero-order chi connectivity index (χ0) is 24.3. The van der Waals surface area contributed by atoms with E-state index in [1.165, 1.54) is 6.07 Å². The highest BCUT2D eigenvalue weighted by Crippen LogP contribution is 2.40. The largest absolute Gasteiger partial charge is 0.355 e. The van der Waals surface area contributed by atoms with E-state index in [9.17, 15) is 13.6 Å². The second-order valence-electron chi connectivity index (χ2n) is 9.74. The predicted molar refractivity (Wildman–Crippen MR) is 124 cm³/mol. The first kappa shape index (κ1) is 21.7. The van der Waals surface area contributed by atoms with Crippen LogP contribution in [-0.2, 0) is 6.54 Å². The lowest BCUT2D eigenvalue weighted by molar-refractivity contribution is 0.00121. The topological polar surface area (TPSA) is 90.1 Å². The summed E-state index contributed by atoms with van der Waals surface area (Å²) in [7, 11) is 2.15. The molecule has 1 N–H and O–H groups in total. The smallest absolute Gasteiger partial charge is 0.255 e. The highest BCUT2D eigenvalue weighted by atomic mass is 19.1. The Bertz CT molecular complexity index is 1370. The molecule has 0 unspecified atom stereocenters. The number of aromatic nitrogens is 3. The van der Waals surface area contributed by atoms with E-state index in [4.69, 9.17) is 10.4 Å². The first-order chi connectivity index (χ1) is 16.9. The number of rotatable bonds is 3. The number of carbonyl (C=O) groups excluding carboxylic acids is 1. The number of benzene rings is 1. The maximum atomic E-state index is 14.8. The summed E-state index contributed by atoms with van der Waals surface area (Å²) in [6, 6.07) is 7.07. The van der Waals surface area contributed by atoms with E-state index >= 15 is 0 Å². The molecule has 3 aliphatic heterocycles. The van der Waals surface area contributed by atoms with Crippen LogP contribution in [0.4, 0.5) is 14.6 Å². The molecule has 3 aromatic rings. The van der Waals surface area contributed by atoms with Crippen molar-refractivity contribution < 1.29 is 13.6 Å². The molecule has 0 saturated carbocycles. The Kier molecular flexibility index (Phi) is 4.86. The third-order valence-electron chi connectivity index (χ3n) is 7.32.